The number of halogens is 2. The molecule has 168 valence electrons. The lowest BCUT2D eigenvalue weighted by molar-refractivity contribution is -0.115. The number of carbonyl (C=O) groups excluding carboxylic acids is 1. The van der Waals surface area contributed by atoms with Crippen LogP contribution in [-0.4, -0.2) is 17.7 Å². The SMILES string of the molecule is CCOc1cc(/C=C2\SC(=Nc3ccccc3F)NC2=O)ccc1OCc1ccc(Br)cc1. The zero-order valence-electron chi connectivity index (χ0n) is 17.7. The smallest absolute Gasteiger partial charge is 0.264 e. The summed E-state index contributed by atoms with van der Waals surface area (Å²) < 4.78 is 26.6. The molecular formula is C25H20BrFN2O3S. The second-order valence-electron chi connectivity index (χ2n) is 6.99. The molecule has 1 aliphatic rings. The van der Waals surface area contributed by atoms with Crippen LogP contribution < -0.4 is 14.8 Å². The second kappa shape index (κ2) is 10.7. The normalized spacial score (nSPS) is 15.7. The summed E-state index contributed by atoms with van der Waals surface area (Å²) in [5.74, 6) is 0.473. The fourth-order valence-electron chi connectivity index (χ4n) is 3.03. The van der Waals surface area contributed by atoms with E-state index >= 15 is 0 Å². The standard InChI is InChI=1S/C25H20BrFN2O3S/c1-2-31-22-13-17(9-12-21(22)32-15-16-7-10-18(26)11-8-16)14-23-24(30)29-25(33-23)28-20-6-4-3-5-19(20)27/h3-14H,2,15H2,1H3,(H,28,29,30)/b23-14-. The van der Waals surface area contributed by atoms with Crippen molar-refractivity contribution in [3.8, 4) is 11.5 Å². The number of hydrogen-bond donors (Lipinski definition) is 1. The number of thioether (sulfide) groups is 1. The summed E-state index contributed by atoms with van der Waals surface area (Å²) in [7, 11) is 0. The van der Waals surface area contributed by atoms with Gasteiger partial charge >= 0.3 is 0 Å². The molecule has 0 radical (unpaired) electrons. The number of aliphatic imine (C=N–C) groups is 1. The summed E-state index contributed by atoms with van der Waals surface area (Å²) in [6, 6.07) is 19.6. The number of rotatable bonds is 7. The lowest BCUT2D eigenvalue weighted by Crippen LogP contribution is -2.19. The molecule has 0 aromatic heterocycles. The Kier molecular flexibility index (Phi) is 7.47. The first-order valence-electron chi connectivity index (χ1n) is 10.2. The number of nitrogens with zero attached hydrogens (tertiary/aromatic N) is 1. The summed E-state index contributed by atoms with van der Waals surface area (Å²) >= 11 is 4.58. The lowest BCUT2D eigenvalue weighted by atomic mass is 10.2. The van der Waals surface area contributed by atoms with E-state index in [0.29, 0.717) is 34.8 Å². The van der Waals surface area contributed by atoms with Crippen LogP contribution in [0.2, 0.25) is 0 Å². The average molecular weight is 527 g/mol. The topological polar surface area (TPSA) is 59.9 Å². The Labute approximate surface area is 203 Å². The van der Waals surface area contributed by atoms with E-state index in [1.165, 1.54) is 6.07 Å². The number of para-hydroxylation sites is 1. The van der Waals surface area contributed by atoms with Crippen LogP contribution in [0.25, 0.3) is 6.08 Å². The summed E-state index contributed by atoms with van der Waals surface area (Å²) in [6.45, 7) is 2.78. The number of nitrogens with one attached hydrogen (secondary N) is 1. The maximum absolute atomic E-state index is 13.9. The largest absolute Gasteiger partial charge is 0.490 e. The van der Waals surface area contributed by atoms with Crippen molar-refractivity contribution in [2.75, 3.05) is 6.61 Å². The Morgan fingerprint density at radius 3 is 2.61 bits per heavy atom. The van der Waals surface area contributed by atoms with Crippen LogP contribution in [0.3, 0.4) is 0 Å². The van der Waals surface area contributed by atoms with Crippen LogP contribution in [0.15, 0.2) is 81.1 Å². The quantitative estimate of drug-likeness (QED) is 0.359. The Hall–Kier alpha value is -3.10. The van der Waals surface area contributed by atoms with Gasteiger partial charge in [0, 0.05) is 4.47 Å². The van der Waals surface area contributed by atoms with E-state index in [0.717, 1.165) is 27.4 Å². The molecule has 1 amide bonds. The van der Waals surface area contributed by atoms with Crippen molar-refractivity contribution >= 4 is 50.5 Å². The molecule has 5 nitrogen and oxygen atoms in total. The molecule has 1 fully saturated rings. The van der Waals surface area contributed by atoms with Gasteiger partial charge in [0.15, 0.2) is 16.7 Å². The van der Waals surface area contributed by atoms with Gasteiger partial charge in [-0.15, -0.1) is 0 Å². The van der Waals surface area contributed by atoms with E-state index < -0.39 is 5.82 Å². The zero-order valence-corrected chi connectivity index (χ0v) is 20.1. The number of ether oxygens (including phenoxy) is 2. The average Bonchev–Trinajstić information content (AvgIpc) is 3.14. The molecule has 0 unspecified atom stereocenters. The minimum atomic E-state index is -0.447. The van der Waals surface area contributed by atoms with E-state index in [1.54, 1.807) is 24.3 Å². The first kappa shape index (κ1) is 23.1. The molecule has 1 heterocycles. The zero-order chi connectivity index (χ0) is 23.2. The Bertz CT molecular complexity index is 1230. The molecule has 4 rings (SSSR count). The highest BCUT2D eigenvalue weighted by molar-refractivity contribution is 9.10. The fourth-order valence-corrected chi connectivity index (χ4v) is 4.13. The van der Waals surface area contributed by atoms with E-state index in [2.05, 4.69) is 26.2 Å². The van der Waals surface area contributed by atoms with Gasteiger partial charge in [0.2, 0.25) is 0 Å². The van der Waals surface area contributed by atoms with Gasteiger partial charge < -0.3 is 14.8 Å². The van der Waals surface area contributed by atoms with E-state index in [4.69, 9.17) is 9.47 Å². The first-order chi connectivity index (χ1) is 16.0. The number of amides is 1. The third-order valence-corrected chi connectivity index (χ3v) is 6.04. The number of carbonyl (C=O) groups is 1. The van der Waals surface area contributed by atoms with Crippen molar-refractivity contribution in [3.63, 3.8) is 0 Å². The van der Waals surface area contributed by atoms with Gasteiger partial charge in [0.1, 0.15) is 18.1 Å². The molecule has 33 heavy (non-hydrogen) atoms. The van der Waals surface area contributed by atoms with Crippen LogP contribution >= 0.6 is 27.7 Å². The van der Waals surface area contributed by atoms with Crippen LogP contribution in [0.4, 0.5) is 10.1 Å². The van der Waals surface area contributed by atoms with E-state index in [-0.39, 0.29) is 11.6 Å². The predicted molar refractivity (Wildman–Crippen MR) is 133 cm³/mol. The summed E-state index contributed by atoms with van der Waals surface area (Å²) in [5.41, 5.74) is 1.99. The number of hydrogen-bond acceptors (Lipinski definition) is 5. The summed E-state index contributed by atoms with van der Waals surface area (Å²) in [4.78, 5) is 17.0. The molecule has 3 aromatic carbocycles. The molecule has 3 aromatic rings. The monoisotopic (exact) mass is 526 g/mol. The Morgan fingerprint density at radius 1 is 1.06 bits per heavy atom. The van der Waals surface area contributed by atoms with Crippen molar-refractivity contribution in [1.29, 1.82) is 0 Å². The van der Waals surface area contributed by atoms with Crippen molar-refractivity contribution in [1.82, 2.24) is 5.32 Å². The van der Waals surface area contributed by atoms with Crippen molar-refractivity contribution < 1.29 is 18.7 Å². The van der Waals surface area contributed by atoms with Crippen molar-refractivity contribution in [2.24, 2.45) is 4.99 Å². The molecule has 0 spiro atoms. The van der Waals surface area contributed by atoms with Crippen molar-refractivity contribution in [3.05, 3.63) is 93.1 Å². The predicted octanol–water partition coefficient (Wildman–Crippen LogP) is 6.46. The summed E-state index contributed by atoms with van der Waals surface area (Å²) in [5, 5.41) is 3.00. The molecule has 0 bridgehead atoms. The molecule has 8 heteroatoms. The lowest BCUT2D eigenvalue weighted by Gasteiger charge is -2.13. The molecular weight excluding hydrogens is 507 g/mol. The third-order valence-electron chi connectivity index (χ3n) is 4.60. The van der Waals surface area contributed by atoms with Gasteiger partial charge in [-0.25, -0.2) is 9.38 Å². The summed E-state index contributed by atoms with van der Waals surface area (Å²) in [6.07, 6.45) is 1.74. The maximum atomic E-state index is 13.9. The van der Waals surface area contributed by atoms with Gasteiger partial charge in [-0.2, -0.15) is 0 Å². The van der Waals surface area contributed by atoms with Gasteiger partial charge in [-0.1, -0.05) is 46.3 Å². The Morgan fingerprint density at radius 2 is 1.85 bits per heavy atom. The van der Waals surface area contributed by atoms with Crippen LogP contribution in [0, 0.1) is 5.82 Å². The first-order valence-corrected chi connectivity index (χ1v) is 11.8. The molecule has 1 aliphatic heterocycles. The third kappa shape index (κ3) is 6.03. The number of amidine groups is 1. The van der Waals surface area contributed by atoms with Crippen LogP contribution in [0.1, 0.15) is 18.1 Å². The highest BCUT2D eigenvalue weighted by Gasteiger charge is 2.24. The van der Waals surface area contributed by atoms with E-state index in [9.17, 15) is 9.18 Å². The Balaban J connectivity index is 1.51. The van der Waals surface area contributed by atoms with Gasteiger partial charge in [-0.3, -0.25) is 4.79 Å². The highest BCUT2D eigenvalue weighted by Crippen LogP contribution is 2.33. The van der Waals surface area contributed by atoms with Gasteiger partial charge in [0.05, 0.1) is 11.5 Å². The van der Waals surface area contributed by atoms with Crippen molar-refractivity contribution in [2.45, 2.75) is 13.5 Å². The second-order valence-corrected chi connectivity index (χ2v) is 8.93. The minimum Gasteiger partial charge on any atom is -0.490 e. The molecule has 0 atom stereocenters. The van der Waals surface area contributed by atoms with Crippen LogP contribution in [0.5, 0.6) is 11.5 Å². The molecule has 1 N–H and O–H groups in total. The van der Waals surface area contributed by atoms with E-state index in [1.807, 2.05) is 49.4 Å². The molecule has 0 aliphatic carbocycles. The minimum absolute atomic E-state index is 0.174. The van der Waals surface area contributed by atoms with Gasteiger partial charge in [-0.05, 0) is 72.3 Å². The number of benzene rings is 3. The highest BCUT2D eigenvalue weighted by atomic mass is 79.9. The molecule has 0 saturated carbocycles. The fraction of sp³-hybridized carbons (Fsp3) is 0.120. The van der Waals surface area contributed by atoms with Crippen LogP contribution in [-0.2, 0) is 11.4 Å². The maximum Gasteiger partial charge on any atom is 0.264 e. The molecule has 1 saturated heterocycles. The van der Waals surface area contributed by atoms with Gasteiger partial charge in [0.25, 0.3) is 5.91 Å².